The topological polar surface area (TPSA) is 95.9 Å². The van der Waals surface area contributed by atoms with Crippen molar-refractivity contribution in [2.24, 2.45) is 5.41 Å². The number of hydrogen-bond acceptors (Lipinski definition) is 4. The van der Waals surface area contributed by atoms with Gasteiger partial charge >= 0.3 is 5.97 Å². The Balaban J connectivity index is 0.00000155. The van der Waals surface area contributed by atoms with Gasteiger partial charge in [0.15, 0.2) is 5.75 Å². The van der Waals surface area contributed by atoms with Crippen molar-refractivity contribution in [2.75, 3.05) is 5.32 Å². The van der Waals surface area contributed by atoms with E-state index in [9.17, 15) is 19.8 Å². The number of phenols is 1. The second kappa shape index (κ2) is 9.83. The fourth-order valence-corrected chi connectivity index (χ4v) is 4.17. The van der Waals surface area contributed by atoms with Crippen LogP contribution in [0.4, 0.5) is 5.69 Å². The SMILES string of the molecule is CC.CC(C)c1cc(Oc2c(Br)cc(NC(=O)C3(C(=O)O)CC3)cc2Br)ccc1O. The molecule has 30 heavy (non-hydrogen) atoms. The van der Waals surface area contributed by atoms with E-state index in [0.29, 0.717) is 39.0 Å². The molecular formula is C22H25Br2NO5. The fraction of sp³-hybridized carbons (Fsp3) is 0.364. The zero-order valence-corrected chi connectivity index (χ0v) is 20.4. The number of carbonyl (C=O) groups excluding carboxylic acids is 1. The largest absolute Gasteiger partial charge is 0.508 e. The summed E-state index contributed by atoms with van der Waals surface area (Å²) in [5.74, 6) is -0.216. The number of hydrogen-bond donors (Lipinski definition) is 3. The van der Waals surface area contributed by atoms with Crippen LogP contribution < -0.4 is 10.1 Å². The van der Waals surface area contributed by atoms with Crippen LogP contribution in [0.2, 0.25) is 0 Å². The molecule has 0 atom stereocenters. The van der Waals surface area contributed by atoms with E-state index in [1.165, 1.54) is 0 Å². The summed E-state index contributed by atoms with van der Waals surface area (Å²) in [7, 11) is 0. The molecule has 0 radical (unpaired) electrons. The smallest absolute Gasteiger partial charge is 0.319 e. The first-order chi connectivity index (χ1) is 14.1. The van der Waals surface area contributed by atoms with E-state index < -0.39 is 17.3 Å². The highest BCUT2D eigenvalue weighted by Crippen LogP contribution is 2.47. The van der Waals surface area contributed by atoms with Crippen molar-refractivity contribution in [3.63, 3.8) is 0 Å². The van der Waals surface area contributed by atoms with Gasteiger partial charge in [0, 0.05) is 11.3 Å². The summed E-state index contributed by atoms with van der Waals surface area (Å²) in [6.07, 6.45) is 0.688. The highest BCUT2D eigenvalue weighted by Gasteiger charge is 2.57. The first kappa shape index (κ1) is 24.2. The molecule has 1 saturated carbocycles. The van der Waals surface area contributed by atoms with Gasteiger partial charge in [0.05, 0.1) is 8.95 Å². The molecule has 6 nitrogen and oxygen atoms in total. The molecule has 0 spiro atoms. The zero-order chi connectivity index (χ0) is 22.6. The Morgan fingerprint density at radius 3 is 2.13 bits per heavy atom. The number of benzene rings is 2. The molecule has 1 fully saturated rings. The molecule has 2 aromatic rings. The number of carbonyl (C=O) groups is 2. The lowest BCUT2D eigenvalue weighted by Crippen LogP contribution is -2.31. The zero-order valence-electron chi connectivity index (χ0n) is 17.3. The molecule has 0 saturated heterocycles. The summed E-state index contributed by atoms with van der Waals surface area (Å²) < 4.78 is 7.11. The maximum Gasteiger partial charge on any atom is 0.319 e. The van der Waals surface area contributed by atoms with E-state index in [1.807, 2.05) is 27.7 Å². The predicted octanol–water partition coefficient (Wildman–Crippen LogP) is 6.66. The first-order valence-corrected chi connectivity index (χ1v) is 11.3. The number of nitrogens with one attached hydrogen (secondary N) is 1. The Kier molecular flexibility index (Phi) is 7.93. The predicted molar refractivity (Wildman–Crippen MR) is 123 cm³/mol. The molecule has 2 aromatic carbocycles. The molecular weight excluding hydrogens is 518 g/mol. The summed E-state index contributed by atoms with van der Waals surface area (Å²) >= 11 is 6.86. The van der Waals surface area contributed by atoms with E-state index in [-0.39, 0.29) is 11.7 Å². The van der Waals surface area contributed by atoms with Crippen molar-refractivity contribution in [3.8, 4) is 17.2 Å². The molecule has 3 rings (SSSR count). The number of ether oxygens (including phenoxy) is 1. The van der Waals surface area contributed by atoms with Crippen molar-refractivity contribution in [1.29, 1.82) is 0 Å². The van der Waals surface area contributed by atoms with Gasteiger partial charge in [-0.05, 0) is 81.0 Å². The lowest BCUT2D eigenvalue weighted by Gasteiger charge is -2.16. The second-order valence-electron chi connectivity index (χ2n) is 7.09. The maximum absolute atomic E-state index is 12.3. The molecule has 3 N–H and O–H groups in total. The summed E-state index contributed by atoms with van der Waals surface area (Å²) in [4.78, 5) is 23.6. The third-order valence-corrected chi connectivity index (χ3v) is 5.87. The number of rotatable bonds is 6. The van der Waals surface area contributed by atoms with Crippen molar-refractivity contribution in [2.45, 2.75) is 46.5 Å². The van der Waals surface area contributed by atoms with Crippen molar-refractivity contribution >= 4 is 49.4 Å². The van der Waals surface area contributed by atoms with E-state index in [4.69, 9.17) is 4.74 Å². The first-order valence-electron chi connectivity index (χ1n) is 9.68. The van der Waals surface area contributed by atoms with Gasteiger partial charge in [0.25, 0.3) is 0 Å². The summed E-state index contributed by atoms with van der Waals surface area (Å²) in [6, 6.07) is 8.33. The van der Waals surface area contributed by atoms with Gasteiger partial charge in [0.1, 0.15) is 16.9 Å². The molecule has 0 unspecified atom stereocenters. The van der Waals surface area contributed by atoms with Crippen LogP contribution in [0.25, 0.3) is 0 Å². The number of phenolic OH excluding ortho intramolecular Hbond substituents is 1. The molecule has 0 aliphatic heterocycles. The minimum Gasteiger partial charge on any atom is -0.508 e. The van der Waals surface area contributed by atoms with Gasteiger partial charge in [0.2, 0.25) is 5.91 Å². The standard InChI is InChI=1S/C20H19Br2NO5.C2H6/c1-10(2)13-9-12(3-4-16(13)24)28-17-14(21)7-11(8-15(17)22)23-18(25)20(5-6-20)19(26)27;1-2/h3-4,7-10,24H,5-6H2,1-2H3,(H,23,25)(H,26,27);1-2H3. The van der Waals surface area contributed by atoms with Crippen LogP contribution in [0.5, 0.6) is 17.2 Å². The molecule has 8 heteroatoms. The van der Waals surface area contributed by atoms with Gasteiger partial charge in [-0.25, -0.2) is 0 Å². The van der Waals surface area contributed by atoms with Gasteiger partial charge in [-0.15, -0.1) is 0 Å². The maximum atomic E-state index is 12.3. The van der Waals surface area contributed by atoms with Crippen LogP contribution in [0.3, 0.4) is 0 Å². The Morgan fingerprint density at radius 1 is 1.10 bits per heavy atom. The Morgan fingerprint density at radius 2 is 1.67 bits per heavy atom. The number of amides is 1. The monoisotopic (exact) mass is 541 g/mol. The number of halogens is 2. The molecule has 1 aliphatic rings. The van der Waals surface area contributed by atoms with Crippen LogP contribution in [-0.2, 0) is 9.59 Å². The normalized spacial score (nSPS) is 13.8. The number of aliphatic carboxylic acids is 1. The summed E-state index contributed by atoms with van der Waals surface area (Å²) in [6.45, 7) is 7.96. The summed E-state index contributed by atoms with van der Waals surface area (Å²) in [5, 5.41) is 21.8. The van der Waals surface area contributed by atoms with E-state index in [0.717, 1.165) is 5.56 Å². The Bertz CT molecular complexity index is 932. The average molecular weight is 543 g/mol. The molecule has 0 aromatic heterocycles. The van der Waals surface area contributed by atoms with Gasteiger partial charge < -0.3 is 20.3 Å². The van der Waals surface area contributed by atoms with Gasteiger partial charge in [-0.2, -0.15) is 0 Å². The third kappa shape index (κ3) is 5.16. The van der Waals surface area contributed by atoms with Crippen molar-refractivity contribution in [1.82, 2.24) is 0 Å². The summed E-state index contributed by atoms with van der Waals surface area (Å²) in [5.41, 5.74) is -0.0813. The molecule has 1 amide bonds. The highest BCUT2D eigenvalue weighted by molar-refractivity contribution is 9.11. The van der Waals surface area contributed by atoms with Crippen molar-refractivity contribution < 1.29 is 24.5 Å². The van der Waals surface area contributed by atoms with E-state index in [1.54, 1.807) is 30.3 Å². The Hall–Kier alpha value is -2.06. The van der Waals surface area contributed by atoms with Crippen LogP contribution in [0.15, 0.2) is 39.3 Å². The average Bonchev–Trinajstić information content (AvgIpc) is 3.49. The Labute approximate surface area is 192 Å². The third-order valence-electron chi connectivity index (χ3n) is 4.69. The lowest BCUT2D eigenvalue weighted by atomic mass is 10.0. The van der Waals surface area contributed by atoms with Crippen LogP contribution in [-0.4, -0.2) is 22.1 Å². The lowest BCUT2D eigenvalue weighted by molar-refractivity contribution is -0.147. The quantitative estimate of drug-likeness (QED) is 0.354. The molecule has 162 valence electrons. The van der Waals surface area contributed by atoms with Crippen LogP contribution >= 0.6 is 31.9 Å². The minimum absolute atomic E-state index is 0.136. The molecule has 0 bridgehead atoms. The van der Waals surface area contributed by atoms with Gasteiger partial charge in [-0.1, -0.05) is 27.7 Å². The van der Waals surface area contributed by atoms with Gasteiger partial charge in [-0.3, -0.25) is 9.59 Å². The molecule has 1 aliphatic carbocycles. The molecule has 0 heterocycles. The number of anilines is 1. The number of aromatic hydroxyl groups is 1. The highest BCUT2D eigenvalue weighted by atomic mass is 79.9. The minimum atomic E-state index is -1.31. The van der Waals surface area contributed by atoms with Crippen LogP contribution in [0, 0.1) is 5.41 Å². The van der Waals surface area contributed by atoms with Crippen molar-refractivity contribution in [3.05, 3.63) is 44.8 Å². The number of carboxylic acid groups (broad SMARTS) is 1. The van der Waals surface area contributed by atoms with Crippen LogP contribution in [0.1, 0.15) is 52.0 Å². The fourth-order valence-electron chi connectivity index (χ4n) is 2.82. The second-order valence-corrected chi connectivity index (χ2v) is 8.80. The number of carboxylic acids is 1. The van der Waals surface area contributed by atoms with E-state index in [2.05, 4.69) is 37.2 Å². The van der Waals surface area contributed by atoms with E-state index >= 15 is 0 Å².